The normalized spacial score (nSPS) is 13.5. The first-order chi connectivity index (χ1) is 21.8. The average Bonchev–Trinajstić information content (AvgIpc) is 3.40. The molecule has 2 aliphatic rings. The summed E-state index contributed by atoms with van der Waals surface area (Å²) in [5.41, 5.74) is 13.1. The molecule has 9 rings (SSSR count). The van der Waals surface area contributed by atoms with Crippen molar-refractivity contribution in [3.05, 3.63) is 185 Å². The molecule has 7 aromatic rings. The Labute approximate surface area is 256 Å². The fourth-order valence-corrected chi connectivity index (χ4v) is 7.46. The molecular weight excluding hydrogens is 534 g/mol. The number of rotatable bonds is 3. The van der Waals surface area contributed by atoms with E-state index in [4.69, 9.17) is 15.0 Å². The van der Waals surface area contributed by atoms with Gasteiger partial charge in [-0.25, -0.2) is 15.0 Å². The molecule has 206 valence electrons. The number of hydrogen-bond acceptors (Lipinski definition) is 3. The molecule has 3 heteroatoms. The summed E-state index contributed by atoms with van der Waals surface area (Å²) in [7, 11) is 0. The predicted molar refractivity (Wildman–Crippen MR) is 176 cm³/mol. The third-order valence-electron chi connectivity index (χ3n) is 9.26. The number of aromatic nitrogens is 3. The van der Waals surface area contributed by atoms with Gasteiger partial charge >= 0.3 is 0 Å². The summed E-state index contributed by atoms with van der Waals surface area (Å²) in [5, 5.41) is 0. The van der Waals surface area contributed by atoms with E-state index < -0.39 is 5.41 Å². The highest BCUT2D eigenvalue weighted by Crippen LogP contribution is 2.59. The third-order valence-corrected chi connectivity index (χ3v) is 9.26. The lowest BCUT2D eigenvalue weighted by molar-refractivity contribution is 0.722. The standard InChI is InChI=1S/C41H27N3/c1-3-14-27(15-4-1)38-42-39(28-16-5-2-6-17-28)44-40(43-38)32-21-13-25-37-33(32)26-29-18-7-10-22-34(29)41(37)35-23-11-8-19-30(35)31-20-9-12-24-36(31)41/h1-25H,26H2. The molecule has 44 heavy (non-hydrogen) atoms. The second kappa shape index (κ2) is 9.68. The SMILES string of the molecule is c1ccc(-c2nc(-c3ccccc3)nc(-c3cccc4c3Cc3ccccc3C43c4ccccc4-c4ccccc43)n2)cc1. The number of hydrogen-bond donors (Lipinski definition) is 0. The Kier molecular flexibility index (Phi) is 5.48. The van der Waals surface area contributed by atoms with Gasteiger partial charge in [-0.15, -0.1) is 0 Å². The largest absolute Gasteiger partial charge is 0.208 e. The molecule has 3 nitrogen and oxygen atoms in total. The van der Waals surface area contributed by atoms with Crippen molar-refractivity contribution in [1.29, 1.82) is 0 Å². The summed E-state index contributed by atoms with van der Waals surface area (Å²) in [6, 6.07) is 53.9. The second-order valence-electron chi connectivity index (χ2n) is 11.5. The first kappa shape index (κ1) is 24.9. The van der Waals surface area contributed by atoms with Gasteiger partial charge < -0.3 is 0 Å². The van der Waals surface area contributed by atoms with E-state index in [1.54, 1.807) is 0 Å². The van der Waals surface area contributed by atoms with Crippen LogP contribution < -0.4 is 0 Å². The second-order valence-corrected chi connectivity index (χ2v) is 11.5. The Hall–Kier alpha value is -5.67. The zero-order valence-electron chi connectivity index (χ0n) is 24.0. The van der Waals surface area contributed by atoms with Crippen LogP contribution in [0.4, 0.5) is 0 Å². The lowest BCUT2D eigenvalue weighted by atomic mass is 9.61. The molecule has 0 amide bonds. The van der Waals surface area contributed by atoms with Crippen LogP contribution in [0.1, 0.15) is 33.4 Å². The van der Waals surface area contributed by atoms with E-state index in [1.165, 1.54) is 44.5 Å². The van der Waals surface area contributed by atoms with Gasteiger partial charge in [-0.1, -0.05) is 152 Å². The predicted octanol–water partition coefficient (Wildman–Crippen LogP) is 9.14. The van der Waals surface area contributed by atoms with E-state index in [0.717, 1.165) is 23.1 Å². The van der Waals surface area contributed by atoms with E-state index in [1.807, 2.05) is 36.4 Å². The van der Waals surface area contributed by atoms with Crippen molar-refractivity contribution in [2.24, 2.45) is 0 Å². The van der Waals surface area contributed by atoms with Gasteiger partial charge in [0.15, 0.2) is 17.5 Å². The van der Waals surface area contributed by atoms with Crippen LogP contribution >= 0.6 is 0 Å². The minimum Gasteiger partial charge on any atom is -0.208 e. The summed E-state index contributed by atoms with van der Waals surface area (Å²) >= 11 is 0. The van der Waals surface area contributed by atoms with Crippen molar-refractivity contribution >= 4 is 0 Å². The van der Waals surface area contributed by atoms with Gasteiger partial charge in [-0.2, -0.15) is 0 Å². The molecule has 0 radical (unpaired) electrons. The summed E-state index contributed by atoms with van der Waals surface area (Å²) in [6.07, 6.45) is 0.806. The monoisotopic (exact) mass is 561 g/mol. The molecule has 6 aromatic carbocycles. The molecule has 0 saturated heterocycles. The van der Waals surface area contributed by atoms with Gasteiger partial charge in [0.05, 0.1) is 5.41 Å². The van der Waals surface area contributed by atoms with Gasteiger partial charge in [0, 0.05) is 16.7 Å². The van der Waals surface area contributed by atoms with Crippen LogP contribution in [0.5, 0.6) is 0 Å². The maximum atomic E-state index is 5.14. The fourth-order valence-electron chi connectivity index (χ4n) is 7.46. The maximum Gasteiger partial charge on any atom is 0.164 e. The van der Waals surface area contributed by atoms with E-state index in [2.05, 4.69) is 115 Å². The van der Waals surface area contributed by atoms with E-state index >= 15 is 0 Å². The van der Waals surface area contributed by atoms with Crippen molar-refractivity contribution in [3.63, 3.8) is 0 Å². The maximum absolute atomic E-state index is 5.14. The Morgan fingerprint density at radius 3 is 1.43 bits per heavy atom. The van der Waals surface area contributed by atoms with E-state index in [0.29, 0.717) is 17.5 Å². The van der Waals surface area contributed by atoms with Gasteiger partial charge in [0.25, 0.3) is 0 Å². The molecular formula is C41H27N3. The first-order valence-corrected chi connectivity index (χ1v) is 15.1. The van der Waals surface area contributed by atoms with Crippen LogP contribution in [-0.4, -0.2) is 15.0 Å². The van der Waals surface area contributed by atoms with Crippen molar-refractivity contribution < 1.29 is 0 Å². The number of nitrogens with zero attached hydrogens (tertiary/aromatic N) is 3. The molecule has 0 N–H and O–H groups in total. The molecule has 0 aliphatic heterocycles. The van der Waals surface area contributed by atoms with E-state index in [9.17, 15) is 0 Å². The van der Waals surface area contributed by atoms with Crippen molar-refractivity contribution in [2.45, 2.75) is 11.8 Å². The molecule has 0 atom stereocenters. The Balaban J connectivity index is 1.35. The highest BCUT2D eigenvalue weighted by Gasteiger charge is 2.50. The molecule has 0 fully saturated rings. The van der Waals surface area contributed by atoms with Crippen LogP contribution in [0.2, 0.25) is 0 Å². The smallest absolute Gasteiger partial charge is 0.164 e. The van der Waals surface area contributed by atoms with E-state index in [-0.39, 0.29) is 0 Å². The molecule has 0 bridgehead atoms. The Bertz CT molecular complexity index is 2100. The van der Waals surface area contributed by atoms with Gasteiger partial charge in [0.1, 0.15) is 0 Å². The van der Waals surface area contributed by atoms with Crippen LogP contribution in [0.25, 0.3) is 45.3 Å². The minimum absolute atomic E-state index is 0.426. The Morgan fingerprint density at radius 1 is 0.364 bits per heavy atom. The molecule has 0 saturated carbocycles. The summed E-state index contributed by atoms with van der Waals surface area (Å²) in [6.45, 7) is 0. The highest BCUT2D eigenvalue weighted by molar-refractivity contribution is 5.88. The van der Waals surface area contributed by atoms with Crippen LogP contribution in [0.15, 0.2) is 152 Å². The lowest BCUT2D eigenvalue weighted by Gasteiger charge is -2.40. The third kappa shape index (κ3) is 3.53. The molecule has 1 aromatic heterocycles. The first-order valence-electron chi connectivity index (χ1n) is 15.1. The minimum atomic E-state index is -0.426. The van der Waals surface area contributed by atoms with Crippen molar-refractivity contribution in [3.8, 4) is 45.3 Å². The zero-order valence-corrected chi connectivity index (χ0v) is 24.0. The van der Waals surface area contributed by atoms with Crippen molar-refractivity contribution in [2.75, 3.05) is 0 Å². The number of fused-ring (bicyclic) bond motifs is 9. The zero-order chi connectivity index (χ0) is 29.1. The van der Waals surface area contributed by atoms with Gasteiger partial charge in [0.2, 0.25) is 0 Å². The summed E-state index contributed by atoms with van der Waals surface area (Å²) < 4.78 is 0. The highest BCUT2D eigenvalue weighted by atomic mass is 15.0. The summed E-state index contributed by atoms with van der Waals surface area (Å²) in [4.78, 5) is 15.2. The number of benzene rings is 6. The molecule has 1 heterocycles. The Morgan fingerprint density at radius 2 is 0.818 bits per heavy atom. The van der Waals surface area contributed by atoms with Gasteiger partial charge in [-0.3, -0.25) is 0 Å². The quantitative estimate of drug-likeness (QED) is 0.216. The lowest BCUT2D eigenvalue weighted by Crippen LogP contribution is -2.34. The molecule has 1 spiro atoms. The summed E-state index contributed by atoms with van der Waals surface area (Å²) in [5.74, 6) is 2.05. The van der Waals surface area contributed by atoms with Crippen LogP contribution in [0, 0.1) is 0 Å². The topological polar surface area (TPSA) is 38.7 Å². The average molecular weight is 562 g/mol. The molecule has 2 aliphatic carbocycles. The van der Waals surface area contributed by atoms with Crippen molar-refractivity contribution in [1.82, 2.24) is 15.0 Å². The van der Waals surface area contributed by atoms with Gasteiger partial charge in [-0.05, 0) is 50.9 Å². The van der Waals surface area contributed by atoms with Crippen LogP contribution in [-0.2, 0) is 11.8 Å². The van der Waals surface area contributed by atoms with Crippen LogP contribution in [0.3, 0.4) is 0 Å². The fraction of sp³-hybridized carbons (Fsp3) is 0.0488. The molecule has 0 unspecified atom stereocenters.